The van der Waals surface area contributed by atoms with E-state index in [1.807, 2.05) is 34.3 Å². The van der Waals surface area contributed by atoms with Gasteiger partial charge in [-0.2, -0.15) is 16.1 Å². The predicted molar refractivity (Wildman–Crippen MR) is 102 cm³/mol. The maximum atomic E-state index is 12.9. The Morgan fingerprint density at radius 3 is 2.62 bits per heavy atom. The molecule has 3 N–H and O–H groups in total. The molecule has 3 rings (SSSR count). The smallest absolute Gasteiger partial charge is 0.252 e. The van der Waals surface area contributed by atoms with Gasteiger partial charge in [-0.05, 0) is 52.0 Å². The van der Waals surface area contributed by atoms with Gasteiger partial charge in [0.15, 0.2) is 0 Å². The molecule has 136 valence electrons. The van der Waals surface area contributed by atoms with Crippen molar-refractivity contribution in [3.63, 3.8) is 0 Å². The van der Waals surface area contributed by atoms with E-state index >= 15 is 0 Å². The number of rotatable bonds is 7. The highest BCUT2D eigenvalue weighted by Crippen LogP contribution is 2.30. The van der Waals surface area contributed by atoms with E-state index in [4.69, 9.17) is 10.5 Å². The Balaban J connectivity index is 1.99. The second-order valence-corrected chi connectivity index (χ2v) is 8.83. The lowest BCUT2D eigenvalue weighted by molar-refractivity contribution is 0.0997. The zero-order valence-corrected chi connectivity index (χ0v) is 16.2. The van der Waals surface area contributed by atoms with Gasteiger partial charge < -0.3 is 10.5 Å². The molecular weight excluding hydrogens is 392 g/mol. The topological polar surface area (TPSA) is 98.5 Å². The van der Waals surface area contributed by atoms with Crippen LogP contribution in [0.1, 0.15) is 26.8 Å². The summed E-state index contributed by atoms with van der Waals surface area (Å²) in [4.78, 5) is 12.4. The number of primary amides is 1. The Morgan fingerprint density at radius 2 is 2.04 bits per heavy atom. The van der Waals surface area contributed by atoms with Gasteiger partial charge >= 0.3 is 0 Å². The first-order valence-corrected chi connectivity index (χ1v) is 10.8. The fraction of sp³-hybridized carbons (Fsp3) is 0.118. The van der Waals surface area contributed by atoms with Gasteiger partial charge in [0.05, 0.1) is 23.6 Å². The third-order valence-corrected chi connectivity index (χ3v) is 6.78. The van der Waals surface area contributed by atoms with E-state index in [2.05, 4.69) is 4.72 Å². The summed E-state index contributed by atoms with van der Waals surface area (Å²) < 4.78 is 33.6. The third kappa shape index (κ3) is 3.80. The average Bonchev–Trinajstić information content (AvgIpc) is 3.32. The molecule has 0 saturated carbocycles. The van der Waals surface area contributed by atoms with Gasteiger partial charge in [0.1, 0.15) is 5.75 Å². The van der Waals surface area contributed by atoms with Crippen LogP contribution < -0.4 is 15.2 Å². The molecule has 0 aliphatic carbocycles. The van der Waals surface area contributed by atoms with Gasteiger partial charge in [-0.3, -0.25) is 4.79 Å². The molecule has 0 saturated heterocycles. The highest BCUT2D eigenvalue weighted by atomic mass is 32.2. The zero-order chi connectivity index (χ0) is 18.7. The summed E-state index contributed by atoms with van der Waals surface area (Å²) in [7, 11) is -2.51. The van der Waals surface area contributed by atoms with Crippen molar-refractivity contribution in [1.29, 1.82) is 0 Å². The number of hydrogen-bond acceptors (Lipinski definition) is 6. The predicted octanol–water partition coefficient (Wildman–Crippen LogP) is 2.99. The van der Waals surface area contributed by atoms with Crippen LogP contribution in [-0.2, 0) is 10.0 Å². The lowest BCUT2D eigenvalue weighted by Crippen LogP contribution is -2.29. The molecule has 3 aromatic rings. The summed E-state index contributed by atoms with van der Waals surface area (Å²) in [5.74, 6) is -0.532. The molecule has 0 bridgehead atoms. The van der Waals surface area contributed by atoms with Crippen molar-refractivity contribution in [2.24, 2.45) is 5.73 Å². The molecule has 2 aromatic heterocycles. The average molecular weight is 409 g/mol. The first kappa shape index (κ1) is 18.6. The number of amides is 1. The van der Waals surface area contributed by atoms with Crippen molar-refractivity contribution in [1.82, 2.24) is 4.72 Å². The lowest BCUT2D eigenvalue weighted by atomic mass is 10.1. The van der Waals surface area contributed by atoms with Gasteiger partial charge in [0.25, 0.3) is 5.91 Å². The third-order valence-electron chi connectivity index (χ3n) is 3.72. The number of benzene rings is 1. The van der Waals surface area contributed by atoms with E-state index in [0.29, 0.717) is 0 Å². The molecule has 1 aromatic carbocycles. The molecule has 0 radical (unpaired) electrons. The largest absolute Gasteiger partial charge is 0.496 e. The molecule has 1 amide bonds. The molecule has 1 atom stereocenters. The van der Waals surface area contributed by atoms with Gasteiger partial charge in [-0.15, -0.1) is 11.3 Å². The van der Waals surface area contributed by atoms with Gasteiger partial charge in [-0.25, -0.2) is 8.42 Å². The fourth-order valence-corrected chi connectivity index (χ4v) is 5.25. The summed E-state index contributed by atoms with van der Waals surface area (Å²) in [6, 6.07) is 9.13. The van der Waals surface area contributed by atoms with Crippen molar-refractivity contribution in [2.75, 3.05) is 7.11 Å². The van der Waals surface area contributed by atoms with Crippen LogP contribution in [0.25, 0.3) is 0 Å². The first-order valence-electron chi connectivity index (χ1n) is 7.48. The second kappa shape index (κ2) is 7.58. The monoisotopic (exact) mass is 408 g/mol. The minimum Gasteiger partial charge on any atom is -0.496 e. The number of methoxy groups -OCH3 is 1. The van der Waals surface area contributed by atoms with E-state index in [9.17, 15) is 13.2 Å². The fourth-order valence-electron chi connectivity index (χ4n) is 2.46. The maximum absolute atomic E-state index is 12.9. The normalized spacial score (nSPS) is 12.7. The number of nitrogens with two attached hydrogens (primary N) is 1. The van der Waals surface area contributed by atoms with E-state index in [1.54, 1.807) is 0 Å². The number of carbonyl (C=O) groups excluding carboxylic acids is 1. The quantitative estimate of drug-likeness (QED) is 0.628. The lowest BCUT2D eigenvalue weighted by Gasteiger charge is -2.17. The van der Waals surface area contributed by atoms with Gasteiger partial charge in [0.2, 0.25) is 10.0 Å². The van der Waals surface area contributed by atoms with E-state index in [-0.39, 0.29) is 16.2 Å². The van der Waals surface area contributed by atoms with E-state index < -0.39 is 22.0 Å². The molecular formula is C17H16N2O4S3. The maximum Gasteiger partial charge on any atom is 0.252 e. The van der Waals surface area contributed by atoms with Crippen LogP contribution in [0, 0.1) is 0 Å². The molecule has 0 aliphatic rings. The molecule has 0 fully saturated rings. The number of carbonyl (C=O) groups is 1. The summed E-state index contributed by atoms with van der Waals surface area (Å²) in [6.45, 7) is 0. The van der Waals surface area contributed by atoms with Crippen LogP contribution >= 0.6 is 22.7 Å². The molecule has 0 spiro atoms. The van der Waals surface area contributed by atoms with Crippen LogP contribution in [0.3, 0.4) is 0 Å². The molecule has 26 heavy (non-hydrogen) atoms. The van der Waals surface area contributed by atoms with Crippen LogP contribution in [0.5, 0.6) is 5.75 Å². The first-order chi connectivity index (χ1) is 12.4. The summed E-state index contributed by atoms with van der Waals surface area (Å²) >= 11 is 2.95. The van der Waals surface area contributed by atoms with Crippen LogP contribution in [-0.4, -0.2) is 21.4 Å². The van der Waals surface area contributed by atoms with E-state index in [0.717, 1.165) is 10.4 Å². The zero-order valence-electron chi connectivity index (χ0n) is 13.7. The van der Waals surface area contributed by atoms with Crippen molar-refractivity contribution < 1.29 is 17.9 Å². The van der Waals surface area contributed by atoms with Crippen LogP contribution in [0.15, 0.2) is 57.4 Å². The van der Waals surface area contributed by atoms with Crippen LogP contribution in [0.2, 0.25) is 0 Å². The molecule has 0 unspecified atom stereocenters. The number of nitrogens with one attached hydrogen (secondary N) is 1. The Morgan fingerprint density at radius 1 is 1.23 bits per heavy atom. The standard InChI is InChI=1S/C17H16N2O4S3/c1-23-14-5-4-12(9-13(14)17(18)20)26(21,22)19-16(11-6-8-24-10-11)15-3-2-7-25-15/h2-10,16,19H,1H3,(H2,18,20)/t16-/m1/s1. The van der Waals surface area contributed by atoms with Crippen LogP contribution in [0.4, 0.5) is 0 Å². The SMILES string of the molecule is COc1ccc(S(=O)(=O)N[C@H](c2ccsc2)c2cccs2)cc1C(N)=O. The Bertz CT molecular complexity index is 963. The Labute approximate surface area is 159 Å². The van der Waals surface area contributed by atoms with Crippen molar-refractivity contribution in [3.05, 3.63) is 68.5 Å². The number of thiophene rings is 2. The number of sulfonamides is 1. The molecule has 2 heterocycles. The van der Waals surface area contributed by atoms with Crippen molar-refractivity contribution in [3.8, 4) is 5.75 Å². The van der Waals surface area contributed by atoms with Crippen molar-refractivity contribution in [2.45, 2.75) is 10.9 Å². The summed E-state index contributed by atoms with van der Waals surface area (Å²) in [5.41, 5.74) is 6.19. The molecule has 6 nitrogen and oxygen atoms in total. The minimum atomic E-state index is -3.89. The van der Waals surface area contributed by atoms with E-state index in [1.165, 1.54) is 48.0 Å². The van der Waals surface area contributed by atoms with Gasteiger partial charge in [0, 0.05) is 4.88 Å². The summed E-state index contributed by atoms with van der Waals surface area (Å²) in [6.07, 6.45) is 0. The van der Waals surface area contributed by atoms with Gasteiger partial charge in [-0.1, -0.05) is 6.07 Å². The Kier molecular flexibility index (Phi) is 5.42. The highest BCUT2D eigenvalue weighted by Gasteiger charge is 2.25. The second-order valence-electron chi connectivity index (χ2n) is 5.35. The number of ether oxygens (including phenoxy) is 1. The highest BCUT2D eigenvalue weighted by molar-refractivity contribution is 7.89. The van der Waals surface area contributed by atoms with Crippen molar-refractivity contribution >= 4 is 38.6 Å². The molecule has 9 heteroatoms. The molecule has 0 aliphatic heterocycles. The summed E-state index contributed by atoms with van der Waals surface area (Å²) in [5, 5.41) is 5.68. The number of hydrogen-bond donors (Lipinski definition) is 2. The Hall–Kier alpha value is -2.20. The minimum absolute atomic E-state index is 0.0126.